The zero-order valence-electron chi connectivity index (χ0n) is 13.1. The smallest absolute Gasteiger partial charge is 0.315 e. The van der Waals surface area contributed by atoms with Gasteiger partial charge in [-0.2, -0.15) is 0 Å². The molecule has 0 saturated carbocycles. The third-order valence-electron chi connectivity index (χ3n) is 3.29. The Hall–Kier alpha value is -1.79. The molecule has 0 aromatic carbocycles. The molecule has 7 heteroatoms. The molecule has 0 aliphatic rings. The van der Waals surface area contributed by atoms with E-state index in [-0.39, 0.29) is 30.8 Å². The number of aliphatic carboxylic acids is 1. The summed E-state index contributed by atoms with van der Waals surface area (Å²) in [6.07, 6.45) is 1.45. The first-order chi connectivity index (χ1) is 9.90. The van der Waals surface area contributed by atoms with Gasteiger partial charge in [0, 0.05) is 26.1 Å². The summed E-state index contributed by atoms with van der Waals surface area (Å²) in [6, 6.07) is -0.374. The monoisotopic (exact) mass is 301 g/mol. The Labute approximate surface area is 126 Å². The summed E-state index contributed by atoms with van der Waals surface area (Å²) in [5, 5.41) is 13.8. The lowest BCUT2D eigenvalue weighted by Gasteiger charge is -2.18. The Bertz CT molecular complexity index is 343. The van der Waals surface area contributed by atoms with Crippen LogP contribution >= 0.6 is 0 Å². The molecule has 7 nitrogen and oxygen atoms in total. The van der Waals surface area contributed by atoms with Crippen LogP contribution in [0.2, 0.25) is 0 Å². The summed E-state index contributed by atoms with van der Waals surface area (Å²) in [5.41, 5.74) is 0. The number of carboxylic acid groups (broad SMARTS) is 1. The van der Waals surface area contributed by atoms with Crippen molar-refractivity contribution in [1.29, 1.82) is 0 Å². The van der Waals surface area contributed by atoms with Gasteiger partial charge >= 0.3 is 12.0 Å². The summed E-state index contributed by atoms with van der Waals surface area (Å²) < 4.78 is 0. The van der Waals surface area contributed by atoms with Crippen LogP contribution in [0.3, 0.4) is 0 Å². The molecule has 0 aliphatic carbocycles. The molecule has 0 radical (unpaired) electrons. The Kier molecular flexibility index (Phi) is 10.0. The third kappa shape index (κ3) is 9.70. The lowest BCUT2D eigenvalue weighted by molar-refractivity contribution is -0.137. The van der Waals surface area contributed by atoms with E-state index in [1.54, 1.807) is 4.90 Å². The maximum Gasteiger partial charge on any atom is 0.315 e. The van der Waals surface area contributed by atoms with Crippen LogP contribution in [0.4, 0.5) is 4.79 Å². The van der Waals surface area contributed by atoms with E-state index in [0.717, 1.165) is 0 Å². The average molecular weight is 301 g/mol. The number of amides is 3. The highest BCUT2D eigenvalue weighted by molar-refractivity contribution is 5.83. The second-order valence-corrected chi connectivity index (χ2v) is 5.00. The first kappa shape index (κ1) is 19.2. The molecule has 0 heterocycles. The van der Waals surface area contributed by atoms with Crippen molar-refractivity contribution >= 4 is 17.9 Å². The zero-order chi connectivity index (χ0) is 16.3. The van der Waals surface area contributed by atoms with Crippen LogP contribution in [0.1, 0.15) is 40.0 Å². The molecule has 0 aromatic heterocycles. The topological polar surface area (TPSA) is 98.7 Å². The molecule has 0 spiro atoms. The molecule has 0 aliphatic heterocycles. The molecule has 0 aromatic rings. The summed E-state index contributed by atoms with van der Waals surface area (Å²) in [6.45, 7) is 7.43. The summed E-state index contributed by atoms with van der Waals surface area (Å²) >= 11 is 0. The molecule has 122 valence electrons. The van der Waals surface area contributed by atoms with Gasteiger partial charge in [-0.25, -0.2) is 4.79 Å². The first-order valence-electron chi connectivity index (χ1n) is 7.41. The molecule has 3 amide bonds. The molecule has 0 rings (SSSR count). The summed E-state index contributed by atoms with van der Waals surface area (Å²) in [5.74, 6) is -0.675. The number of carboxylic acids is 1. The van der Waals surface area contributed by atoms with Gasteiger partial charge in [0.25, 0.3) is 0 Å². The van der Waals surface area contributed by atoms with Crippen LogP contribution in [0.15, 0.2) is 0 Å². The minimum Gasteiger partial charge on any atom is -0.481 e. The van der Waals surface area contributed by atoms with Gasteiger partial charge in [0.1, 0.15) is 0 Å². The second kappa shape index (κ2) is 10.9. The summed E-state index contributed by atoms with van der Waals surface area (Å²) in [7, 11) is 0. The molecule has 1 unspecified atom stereocenters. The van der Waals surface area contributed by atoms with Crippen molar-refractivity contribution in [1.82, 2.24) is 15.5 Å². The Morgan fingerprint density at radius 2 is 1.71 bits per heavy atom. The SMILES string of the molecule is CCN(CC)C(=O)CNC(=O)NCCC(C)CCC(=O)O. The van der Waals surface area contributed by atoms with Gasteiger partial charge in [-0.3, -0.25) is 9.59 Å². The van der Waals surface area contributed by atoms with Crippen LogP contribution in [0.25, 0.3) is 0 Å². The second-order valence-electron chi connectivity index (χ2n) is 5.00. The zero-order valence-corrected chi connectivity index (χ0v) is 13.1. The highest BCUT2D eigenvalue weighted by Gasteiger charge is 2.11. The molecular weight excluding hydrogens is 274 g/mol. The van der Waals surface area contributed by atoms with Crippen molar-refractivity contribution in [2.75, 3.05) is 26.2 Å². The lowest BCUT2D eigenvalue weighted by atomic mass is 10.0. The molecule has 1 atom stereocenters. The van der Waals surface area contributed by atoms with Gasteiger partial charge < -0.3 is 20.6 Å². The number of carbonyl (C=O) groups excluding carboxylic acids is 2. The van der Waals surface area contributed by atoms with Crippen LogP contribution < -0.4 is 10.6 Å². The first-order valence-corrected chi connectivity index (χ1v) is 7.41. The minimum atomic E-state index is -0.803. The molecular formula is C14H27N3O4. The van der Waals surface area contributed by atoms with Crippen molar-refractivity contribution < 1.29 is 19.5 Å². The van der Waals surface area contributed by atoms with E-state index in [4.69, 9.17) is 5.11 Å². The number of hydrogen-bond acceptors (Lipinski definition) is 3. The molecule has 0 saturated heterocycles. The van der Waals surface area contributed by atoms with Crippen molar-refractivity contribution in [2.45, 2.75) is 40.0 Å². The molecule has 3 N–H and O–H groups in total. The lowest BCUT2D eigenvalue weighted by Crippen LogP contribution is -2.44. The van der Waals surface area contributed by atoms with E-state index in [1.807, 2.05) is 20.8 Å². The van der Waals surface area contributed by atoms with Gasteiger partial charge in [-0.1, -0.05) is 6.92 Å². The van der Waals surface area contributed by atoms with Crippen molar-refractivity contribution in [3.05, 3.63) is 0 Å². The standard InChI is InChI=1S/C14H27N3O4/c1-4-17(5-2)12(18)10-16-14(21)15-9-8-11(3)6-7-13(19)20/h11H,4-10H2,1-3H3,(H,19,20)(H2,15,16,21). The molecule has 21 heavy (non-hydrogen) atoms. The van der Waals surface area contributed by atoms with E-state index in [0.29, 0.717) is 32.5 Å². The van der Waals surface area contributed by atoms with Crippen molar-refractivity contribution in [3.63, 3.8) is 0 Å². The number of likely N-dealkylation sites (N-methyl/N-ethyl adjacent to an activating group) is 1. The number of rotatable bonds is 10. The molecule has 0 bridgehead atoms. The van der Waals surface area contributed by atoms with E-state index in [2.05, 4.69) is 10.6 Å². The Balaban J connectivity index is 3.76. The van der Waals surface area contributed by atoms with Crippen molar-refractivity contribution in [2.24, 2.45) is 5.92 Å². The van der Waals surface area contributed by atoms with Gasteiger partial charge in [0.2, 0.25) is 5.91 Å². The fraction of sp³-hybridized carbons (Fsp3) is 0.786. The van der Waals surface area contributed by atoms with Crippen LogP contribution in [0.5, 0.6) is 0 Å². The van der Waals surface area contributed by atoms with E-state index >= 15 is 0 Å². The molecule has 0 fully saturated rings. The largest absolute Gasteiger partial charge is 0.481 e. The fourth-order valence-corrected chi connectivity index (χ4v) is 1.85. The number of nitrogens with one attached hydrogen (secondary N) is 2. The van der Waals surface area contributed by atoms with Gasteiger partial charge in [-0.15, -0.1) is 0 Å². The van der Waals surface area contributed by atoms with Gasteiger partial charge in [0.05, 0.1) is 6.54 Å². The maximum absolute atomic E-state index is 11.7. The third-order valence-corrected chi connectivity index (χ3v) is 3.29. The van der Waals surface area contributed by atoms with E-state index in [1.165, 1.54) is 0 Å². The van der Waals surface area contributed by atoms with Gasteiger partial charge in [-0.05, 0) is 32.6 Å². The maximum atomic E-state index is 11.7. The average Bonchev–Trinajstić information content (AvgIpc) is 2.44. The Morgan fingerprint density at radius 3 is 2.24 bits per heavy atom. The highest BCUT2D eigenvalue weighted by Crippen LogP contribution is 2.08. The van der Waals surface area contributed by atoms with Crippen molar-refractivity contribution in [3.8, 4) is 0 Å². The number of hydrogen-bond donors (Lipinski definition) is 3. The van der Waals surface area contributed by atoms with Crippen LogP contribution in [-0.2, 0) is 9.59 Å². The number of carbonyl (C=O) groups is 3. The predicted octanol–water partition coefficient (Wildman–Crippen LogP) is 1.05. The highest BCUT2D eigenvalue weighted by atomic mass is 16.4. The Morgan fingerprint density at radius 1 is 1.10 bits per heavy atom. The van der Waals surface area contributed by atoms with Crippen LogP contribution in [0, 0.1) is 5.92 Å². The number of urea groups is 1. The van der Waals surface area contributed by atoms with E-state index < -0.39 is 5.97 Å². The normalized spacial score (nSPS) is 11.6. The summed E-state index contributed by atoms with van der Waals surface area (Å²) in [4.78, 5) is 35.2. The number of nitrogens with zero attached hydrogens (tertiary/aromatic N) is 1. The predicted molar refractivity (Wildman–Crippen MR) is 80.0 cm³/mol. The van der Waals surface area contributed by atoms with E-state index in [9.17, 15) is 14.4 Å². The van der Waals surface area contributed by atoms with Gasteiger partial charge in [0.15, 0.2) is 0 Å². The van der Waals surface area contributed by atoms with Crippen LogP contribution in [-0.4, -0.2) is 54.1 Å². The fourth-order valence-electron chi connectivity index (χ4n) is 1.85. The minimum absolute atomic E-state index is 0.0118. The quantitative estimate of drug-likeness (QED) is 0.561.